The van der Waals surface area contributed by atoms with Crippen molar-refractivity contribution in [3.63, 3.8) is 0 Å². The van der Waals surface area contributed by atoms with Crippen molar-refractivity contribution < 1.29 is 0 Å². The van der Waals surface area contributed by atoms with E-state index in [1.165, 1.54) is 0 Å². The molecule has 0 saturated heterocycles. The Bertz CT molecular complexity index is 40.2. The first kappa shape index (κ1) is 16.2. The van der Waals surface area contributed by atoms with E-state index in [0.29, 0.717) is 0 Å². The predicted molar refractivity (Wildman–Crippen MR) is 59.4 cm³/mol. The smallest absolute Gasteiger partial charge is 0.00944 e. The summed E-state index contributed by atoms with van der Waals surface area (Å²) in [6.07, 6.45) is 1.05. The van der Waals surface area contributed by atoms with Crippen LogP contribution in [0.4, 0.5) is 0 Å². The van der Waals surface area contributed by atoms with Crippen LogP contribution in [0.5, 0.6) is 0 Å². The van der Waals surface area contributed by atoms with Crippen LogP contribution >= 0.6 is 48.0 Å². The van der Waals surface area contributed by atoms with Gasteiger partial charge in [0.05, 0.1) is 0 Å². The van der Waals surface area contributed by atoms with Crippen LogP contribution in [-0.2, 0) is 0 Å². The highest BCUT2D eigenvalue weighted by Gasteiger charge is 2.03. The third-order valence-electron chi connectivity index (χ3n) is 0.911. The van der Waals surface area contributed by atoms with Gasteiger partial charge < -0.3 is 5.73 Å². The highest BCUT2D eigenvalue weighted by molar-refractivity contribution is 14.0. The molecule has 0 heterocycles. The summed E-state index contributed by atoms with van der Waals surface area (Å²) in [6, 6.07) is 0. The second-order valence-corrected chi connectivity index (χ2v) is 2.34. The molecule has 0 unspecified atom stereocenters. The van der Waals surface area contributed by atoms with E-state index in [-0.39, 0.29) is 53.5 Å². The lowest BCUT2D eigenvalue weighted by atomic mass is 10.1. The molecule has 2 N–H and O–H groups in total. The molecule has 0 aromatic carbocycles. The maximum Gasteiger partial charge on any atom is 0.00944 e. The fourth-order valence-electron chi connectivity index (χ4n) is 0. The van der Waals surface area contributed by atoms with Crippen molar-refractivity contribution in [2.75, 3.05) is 0 Å². The van der Waals surface area contributed by atoms with Gasteiger partial charge in [-0.3, -0.25) is 0 Å². The van der Waals surface area contributed by atoms with E-state index in [2.05, 4.69) is 6.92 Å². The van der Waals surface area contributed by atoms with Gasteiger partial charge in [0.2, 0.25) is 0 Å². The van der Waals surface area contributed by atoms with Crippen LogP contribution in [0, 0.1) is 0 Å². The lowest BCUT2D eigenvalue weighted by Gasteiger charge is -2.13. The Balaban J connectivity index is -0.000000125. The molecule has 0 rings (SSSR count). The molecule has 0 atom stereocenters. The SMILES string of the molecule is CCC(C)(C)N.I.I. The Labute approximate surface area is 85.8 Å². The van der Waals surface area contributed by atoms with Gasteiger partial charge in [0, 0.05) is 5.54 Å². The maximum atomic E-state index is 5.53. The minimum Gasteiger partial charge on any atom is -0.326 e. The van der Waals surface area contributed by atoms with Gasteiger partial charge in [-0.25, -0.2) is 0 Å². The lowest BCUT2D eigenvalue weighted by Crippen LogP contribution is -2.30. The molecule has 1 nitrogen and oxygen atoms in total. The van der Waals surface area contributed by atoms with Crippen molar-refractivity contribution in [2.45, 2.75) is 32.7 Å². The van der Waals surface area contributed by atoms with Crippen LogP contribution in [-0.4, -0.2) is 5.54 Å². The average molecular weight is 343 g/mol. The highest BCUT2D eigenvalue weighted by atomic mass is 127. The number of halogens is 2. The van der Waals surface area contributed by atoms with Crippen molar-refractivity contribution >= 4 is 48.0 Å². The summed E-state index contributed by atoms with van der Waals surface area (Å²) in [7, 11) is 0. The second kappa shape index (κ2) is 6.54. The summed E-state index contributed by atoms with van der Waals surface area (Å²) in [5, 5.41) is 0. The first-order valence-corrected chi connectivity index (χ1v) is 2.35. The molecule has 0 aliphatic heterocycles. The Hall–Kier alpha value is 1.42. The van der Waals surface area contributed by atoms with Crippen molar-refractivity contribution in [2.24, 2.45) is 5.73 Å². The van der Waals surface area contributed by atoms with Crippen molar-refractivity contribution in [1.29, 1.82) is 0 Å². The molecule has 0 radical (unpaired) electrons. The van der Waals surface area contributed by atoms with Crippen LogP contribution in [0.3, 0.4) is 0 Å². The largest absolute Gasteiger partial charge is 0.326 e. The first-order valence-electron chi connectivity index (χ1n) is 2.35. The van der Waals surface area contributed by atoms with E-state index in [1.54, 1.807) is 0 Å². The Kier molecular flexibility index (Phi) is 13.2. The van der Waals surface area contributed by atoms with Gasteiger partial charge in [0.25, 0.3) is 0 Å². The third-order valence-corrected chi connectivity index (χ3v) is 0.911. The van der Waals surface area contributed by atoms with Gasteiger partial charge in [-0.2, -0.15) is 0 Å². The molecular weight excluding hydrogens is 328 g/mol. The minimum atomic E-state index is 0. The monoisotopic (exact) mass is 343 g/mol. The third kappa shape index (κ3) is 15.7. The summed E-state index contributed by atoms with van der Waals surface area (Å²) >= 11 is 0. The summed E-state index contributed by atoms with van der Waals surface area (Å²) in [6.45, 7) is 6.12. The molecule has 54 valence electrons. The summed E-state index contributed by atoms with van der Waals surface area (Å²) in [5.74, 6) is 0. The Morgan fingerprint density at radius 1 is 1.25 bits per heavy atom. The van der Waals surface area contributed by atoms with Crippen LogP contribution in [0.1, 0.15) is 27.2 Å². The zero-order valence-corrected chi connectivity index (χ0v) is 10.3. The average Bonchev–Trinajstić information content (AvgIpc) is 1.35. The number of hydrogen-bond acceptors (Lipinski definition) is 1. The fourth-order valence-corrected chi connectivity index (χ4v) is 0. The molecule has 0 aromatic rings. The first-order chi connectivity index (χ1) is 2.56. The summed E-state index contributed by atoms with van der Waals surface area (Å²) < 4.78 is 0. The molecular formula is C5H15I2N. The summed E-state index contributed by atoms with van der Waals surface area (Å²) in [4.78, 5) is 0. The zero-order chi connectivity index (χ0) is 5.21. The van der Waals surface area contributed by atoms with E-state index >= 15 is 0 Å². The van der Waals surface area contributed by atoms with E-state index in [1.807, 2.05) is 13.8 Å². The van der Waals surface area contributed by atoms with Gasteiger partial charge in [-0.1, -0.05) is 6.92 Å². The molecule has 0 fully saturated rings. The van der Waals surface area contributed by atoms with E-state index in [9.17, 15) is 0 Å². The van der Waals surface area contributed by atoms with Crippen LogP contribution in [0.2, 0.25) is 0 Å². The molecule has 0 amide bonds. The van der Waals surface area contributed by atoms with Crippen LogP contribution < -0.4 is 5.73 Å². The molecule has 8 heavy (non-hydrogen) atoms. The van der Waals surface area contributed by atoms with Gasteiger partial charge in [-0.15, -0.1) is 48.0 Å². The van der Waals surface area contributed by atoms with Gasteiger partial charge >= 0.3 is 0 Å². The van der Waals surface area contributed by atoms with Crippen molar-refractivity contribution in [3.8, 4) is 0 Å². The molecule has 0 aliphatic carbocycles. The van der Waals surface area contributed by atoms with E-state index in [4.69, 9.17) is 5.73 Å². The Morgan fingerprint density at radius 2 is 1.38 bits per heavy atom. The molecule has 0 saturated carbocycles. The molecule has 0 bridgehead atoms. The van der Waals surface area contributed by atoms with Crippen LogP contribution in [0.15, 0.2) is 0 Å². The molecule has 3 heteroatoms. The maximum absolute atomic E-state index is 5.53. The molecule has 0 aliphatic rings. The van der Waals surface area contributed by atoms with Crippen molar-refractivity contribution in [1.82, 2.24) is 0 Å². The number of rotatable bonds is 1. The van der Waals surface area contributed by atoms with E-state index in [0.717, 1.165) is 6.42 Å². The van der Waals surface area contributed by atoms with Gasteiger partial charge in [0.1, 0.15) is 0 Å². The Morgan fingerprint density at radius 3 is 1.38 bits per heavy atom. The molecule has 0 aromatic heterocycles. The standard InChI is InChI=1S/C5H13N.2HI/c1-4-5(2,3)6;;/h4,6H2,1-3H3;2*1H. The van der Waals surface area contributed by atoms with Crippen molar-refractivity contribution in [3.05, 3.63) is 0 Å². The molecule has 0 spiro atoms. The topological polar surface area (TPSA) is 26.0 Å². The fraction of sp³-hybridized carbons (Fsp3) is 1.00. The predicted octanol–water partition coefficient (Wildman–Crippen LogP) is 2.37. The van der Waals surface area contributed by atoms with E-state index < -0.39 is 0 Å². The number of hydrogen-bond donors (Lipinski definition) is 1. The van der Waals surface area contributed by atoms with Gasteiger partial charge in [-0.05, 0) is 20.3 Å². The number of nitrogens with two attached hydrogens (primary N) is 1. The highest BCUT2D eigenvalue weighted by Crippen LogP contribution is 1.99. The summed E-state index contributed by atoms with van der Waals surface area (Å²) in [5.41, 5.74) is 5.58. The second-order valence-electron chi connectivity index (χ2n) is 2.34. The lowest BCUT2D eigenvalue weighted by molar-refractivity contribution is 0.501. The van der Waals surface area contributed by atoms with Crippen LogP contribution in [0.25, 0.3) is 0 Å². The zero-order valence-electron chi connectivity index (χ0n) is 5.60. The van der Waals surface area contributed by atoms with Gasteiger partial charge in [0.15, 0.2) is 0 Å². The quantitative estimate of drug-likeness (QED) is 0.727. The minimum absolute atomic E-state index is 0. The normalized spacial score (nSPS) is 9.00.